The monoisotopic (exact) mass is 189 g/mol. The second-order valence-electron chi connectivity index (χ2n) is 2.84. The van der Waals surface area contributed by atoms with Crippen LogP contribution < -0.4 is 11.1 Å². The highest BCUT2D eigenvalue weighted by Crippen LogP contribution is 1.90. The van der Waals surface area contributed by atoms with Crippen LogP contribution in [0.1, 0.15) is 20.8 Å². The number of amidine groups is 1. The summed E-state index contributed by atoms with van der Waals surface area (Å²) in [6.45, 7) is 5.04. The first-order valence-corrected chi connectivity index (χ1v) is 3.92. The first kappa shape index (κ1) is 11.5. The number of nitrogens with two attached hydrogens (primary N) is 1. The van der Waals surface area contributed by atoms with Gasteiger partial charge in [0.05, 0.1) is 12.1 Å². The third kappa shape index (κ3) is 4.89. The van der Waals surface area contributed by atoms with Crippen molar-refractivity contribution >= 4 is 11.9 Å². The standard InChI is InChI=1S/C7H15N3O3/c1-4(2)13-7(11)9-5(3)6(8)10-12/h4-5,12H,1-3H3,(H2,8,10)(H,9,11). The Morgan fingerprint density at radius 3 is 2.46 bits per heavy atom. The first-order valence-electron chi connectivity index (χ1n) is 3.92. The fourth-order valence-electron chi connectivity index (χ4n) is 0.585. The summed E-state index contributed by atoms with van der Waals surface area (Å²) in [5, 5.41) is 13.4. The predicted octanol–water partition coefficient (Wildman–Crippen LogP) is 0.256. The molecule has 0 fully saturated rings. The van der Waals surface area contributed by atoms with E-state index >= 15 is 0 Å². The molecule has 0 aromatic carbocycles. The molecular weight excluding hydrogens is 174 g/mol. The van der Waals surface area contributed by atoms with Crippen LogP contribution in [0.5, 0.6) is 0 Å². The minimum atomic E-state index is -0.589. The van der Waals surface area contributed by atoms with E-state index in [1.54, 1.807) is 20.8 Å². The highest BCUT2D eigenvalue weighted by atomic mass is 16.6. The van der Waals surface area contributed by atoms with Crippen molar-refractivity contribution in [2.75, 3.05) is 0 Å². The predicted molar refractivity (Wildman–Crippen MR) is 47.6 cm³/mol. The van der Waals surface area contributed by atoms with Gasteiger partial charge in [-0.3, -0.25) is 0 Å². The van der Waals surface area contributed by atoms with E-state index in [4.69, 9.17) is 15.7 Å². The van der Waals surface area contributed by atoms with E-state index in [0.717, 1.165) is 0 Å². The smallest absolute Gasteiger partial charge is 0.407 e. The van der Waals surface area contributed by atoms with Crippen molar-refractivity contribution in [1.82, 2.24) is 5.32 Å². The zero-order valence-electron chi connectivity index (χ0n) is 7.94. The molecule has 0 bridgehead atoms. The summed E-state index contributed by atoms with van der Waals surface area (Å²) in [7, 11) is 0. The zero-order valence-corrected chi connectivity index (χ0v) is 7.94. The van der Waals surface area contributed by atoms with E-state index < -0.39 is 12.1 Å². The lowest BCUT2D eigenvalue weighted by molar-refractivity contribution is 0.114. The van der Waals surface area contributed by atoms with Crippen LogP contribution in [0.3, 0.4) is 0 Å². The second kappa shape index (κ2) is 5.23. The fraction of sp³-hybridized carbons (Fsp3) is 0.714. The van der Waals surface area contributed by atoms with Crippen molar-refractivity contribution in [2.24, 2.45) is 10.9 Å². The van der Waals surface area contributed by atoms with E-state index in [1.165, 1.54) is 0 Å². The number of hydrogen-bond acceptors (Lipinski definition) is 4. The topological polar surface area (TPSA) is 96.9 Å². The van der Waals surface area contributed by atoms with Gasteiger partial charge in [0.2, 0.25) is 0 Å². The summed E-state index contributed by atoms with van der Waals surface area (Å²) in [5.41, 5.74) is 5.23. The number of rotatable bonds is 3. The van der Waals surface area contributed by atoms with E-state index in [-0.39, 0.29) is 11.9 Å². The van der Waals surface area contributed by atoms with Gasteiger partial charge in [0.1, 0.15) is 0 Å². The molecule has 4 N–H and O–H groups in total. The molecule has 0 saturated carbocycles. The average Bonchev–Trinajstić information content (AvgIpc) is 2.01. The molecule has 6 nitrogen and oxygen atoms in total. The van der Waals surface area contributed by atoms with Crippen LogP contribution in [0.2, 0.25) is 0 Å². The van der Waals surface area contributed by atoms with Crippen LogP contribution in [0.15, 0.2) is 5.16 Å². The zero-order chi connectivity index (χ0) is 10.4. The number of oxime groups is 1. The Bertz CT molecular complexity index is 203. The molecular formula is C7H15N3O3. The van der Waals surface area contributed by atoms with Gasteiger partial charge in [-0.25, -0.2) is 4.79 Å². The first-order chi connectivity index (χ1) is 5.97. The molecule has 0 aliphatic heterocycles. The fourth-order valence-corrected chi connectivity index (χ4v) is 0.585. The number of carbonyl (C=O) groups excluding carboxylic acids is 1. The minimum Gasteiger partial charge on any atom is -0.447 e. The number of carbonyl (C=O) groups is 1. The van der Waals surface area contributed by atoms with E-state index in [2.05, 4.69) is 10.5 Å². The van der Waals surface area contributed by atoms with Gasteiger partial charge in [0, 0.05) is 0 Å². The molecule has 0 aromatic rings. The SMILES string of the molecule is CC(C)OC(=O)NC(C)C(N)=NO. The van der Waals surface area contributed by atoms with Gasteiger partial charge in [-0.1, -0.05) is 5.16 Å². The normalized spacial score (nSPS) is 14.0. The maximum absolute atomic E-state index is 11.0. The van der Waals surface area contributed by atoms with E-state index in [0.29, 0.717) is 0 Å². The average molecular weight is 189 g/mol. The Balaban J connectivity index is 3.92. The lowest BCUT2D eigenvalue weighted by atomic mass is 10.3. The molecule has 0 aliphatic rings. The van der Waals surface area contributed by atoms with Crippen molar-refractivity contribution in [2.45, 2.75) is 32.9 Å². The summed E-state index contributed by atoms with van der Waals surface area (Å²) in [6.07, 6.45) is -0.784. The molecule has 0 aliphatic carbocycles. The Hall–Kier alpha value is -1.46. The maximum atomic E-state index is 11.0. The third-order valence-corrected chi connectivity index (χ3v) is 1.24. The highest BCUT2D eigenvalue weighted by Gasteiger charge is 2.12. The minimum absolute atomic E-state index is 0.0688. The number of amides is 1. The van der Waals surface area contributed by atoms with Gasteiger partial charge in [0.15, 0.2) is 5.84 Å². The second-order valence-corrected chi connectivity index (χ2v) is 2.84. The Labute approximate surface area is 76.7 Å². The number of ether oxygens (including phenoxy) is 1. The Kier molecular flexibility index (Phi) is 4.64. The summed E-state index contributed by atoms with van der Waals surface area (Å²) >= 11 is 0. The quantitative estimate of drug-likeness (QED) is 0.256. The number of alkyl carbamates (subject to hydrolysis) is 1. The van der Waals surface area contributed by atoms with Crippen LogP contribution in [0.4, 0.5) is 4.79 Å². The molecule has 1 amide bonds. The van der Waals surface area contributed by atoms with Crippen molar-refractivity contribution in [1.29, 1.82) is 0 Å². The lowest BCUT2D eigenvalue weighted by Crippen LogP contribution is -2.43. The summed E-state index contributed by atoms with van der Waals surface area (Å²) < 4.78 is 4.77. The number of nitrogens with one attached hydrogen (secondary N) is 1. The lowest BCUT2D eigenvalue weighted by Gasteiger charge is -2.13. The molecule has 13 heavy (non-hydrogen) atoms. The summed E-state index contributed by atoms with van der Waals surface area (Å²) in [5.74, 6) is -0.0688. The van der Waals surface area contributed by atoms with Crippen LogP contribution in [0.25, 0.3) is 0 Å². The van der Waals surface area contributed by atoms with Crippen molar-refractivity contribution in [3.05, 3.63) is 0 Å². The van der Waals surface area contributed by atoms with Gasteiger partial charge in [-0.2, -0.15) is 0 Å². The van der Waals surface area contributed by atoms with Crippen LogP contribution in [-0.4, -0.2) is 29.3 Å². The summed E-state index contributed by atoms with van der Waals surface area (Å²) in [6, 6.07) is -0.545. The number of nitrogens with zero attached hydrogens (tertiary/aromatic N) is 1. The molecule has 0 aromatic heterocycles. The van der Waals surface area contributed by atoms with Gasteiger partial charge < -0.3 is 21.0 Å². The Morgan fingerprint density at radius 2 is 2.08 bits per heavy atom. The van der Waals surface area contributed by atoms with Crippen molar-refractivity contribution < 1.29 is 14.7 Å². The molecule has 0 radical (unpaired) electrons. The van der Waals surface area contributed by atoms with Gasteiger partial charge in [-0.05, 0) is 20.8 Å². The van der Waals surface area contributed by atoms with E-state index in [9.17, 15) is 4.79 Å². The van der Waals surface area contributed by atoms with E-state index in [1.807, 2.05) is 0 Å². The summed E-state index contributed by atoms with van der Waals surface area (Å²) in [4.78, 5) is 11.0. The molecule has 0 heterocycles. The largest absolute Gasteiger partial charge is 0.447 e. The molecule has 0 spiro atoms. The molecule has 0 rings (SSSR count). The molecule has 76 valence electrons. The van der Waals surface area contributed by atoms with Crippen LogP contribution in [0, 0.1) is 0 Å². The van der Waals surface area contributed by atoms with Gasteiger partial charge in [0.25, 0.3) is 0 Å². The molecule has 1 unspecified atom stereocenters. The Morgan fingerprint density at radius 1 is 1.54 bits per heavy atom. The van der Waals surface area contributed by atoms with Crippen LogP contribution >= 0.6 is 0 Å². The van der Waals surface area contributed by atoms with Crippen molar-refractivity contribution in [3.63, 3.8) is 0 Å². The third-order valence-electron chi connectivity index (χ3n) is 1.24. The molecule has 6 heteroatoms. The van der Waals surface area contributed by atoms with Gasteiger partial charge in [-0.15, -0.1) is 0 Å². The molecule has 1 atom stereocenters. The highest BCUT2D eigenvalue weighted by molar-refractivity contribution is 5.87. The van der Waals surface area contributed by atoms with Crippen molar-refractivity contribution in [3.8, 4) is 0 Å². The van der Waals surface area contributed by atoms with Gasteiger partial charge >= 0.3 is 6.09 Å². The molecule has 0 saturated heterocycles. The number of hydrogen-bond donors (Lipinski definition) is 3. The van der Waals surface area contributed by atoms with Crippen LogP contribution in [-0.2, 0) is 4.74 Å². The maximum Gasteiger partial charge on any atom is 0.407 e.